The zero-order valence-corrected chi connectivity index (χ0v) is 11.2. The fourth-order valence-corrected chi connectivity index (χ4v) is 2.33. The number of rotatable bonds is 2. The van der Waals surface area contributed by atoms with Crippen LogP contribution in [0.25, 0.3) is 0 Å². The third-order valence-electron chi connectivity index (χ3n) is 2.91. The molecule has 0 N–H and O–H groups in total. The molecule has 0 aromatic heterocycles. The van der Waals surface area contributed by atoms with E-state index in [1.807, 2.05) is 12.1 Å². The van der Waals surface area contributed by atoms with E-state index in [1.165, 1.54) is 12.0 Å². The molecular weight excluding hydrogens is 286 g/mol. The van der Waals surface area contributed by atoms with E-state index in [-0.39, 0.29) is 5.91 Å². The van der Waals surface area contributed by atoms with Gasteiger partial charge < -0.3 is 9.64 Å². The Morgan fingerprint density at radius 1 is 1.53 bits per heavy atom. The quantitative estimate of drug-likeness (QED) is 0.784. The van der Waals surface area contributed by atoms with Crippen molar-refractivity contribution < 1.29 is 14.3 Å². The summed E-state index contributed by atoms with van der Waals surface area (Å²) in [5, 5.41) is 0. The average molecular weight is 298 g/mol. The maximum atomic E-state index is 12.1. The van der Waals surface area contributed by atoms with Gasteiger partial charge in [0.1, 0.15) is 6.04 Å². The summed E-state index contributed by atoms with van der Waals surface area (Å²) in [6.07, 6.45) is 0. The Hall–Kier alpha value is -1.36. The molecule has 90 valence electrons. The minimum atomic E-state index is -0.557. The molecule has 1 aromatic carbocycles. The molecular formula is C12H12BrNO3. The van der Waals surface area contributed by atoms with E-state index in [4.69, 9.17) is 0 Å². The van der Waals surface area contributed by atoms with Gasteiger partial charge in [-0.2, -0.15) is 0 Å². The lowest BCUT2D eigenvalue weighted by Crippen LogP contribution is -2.39. The van der Waals surface area contributed by atoms with Crippen molar-refractivity contribution in [3.63, 3.8) is 0 Å². The summed E-state index contributed by atoms with van der Waals surface area (Å²) in [7, 11) is 1.32. The average Bonchev–Trinajstić information content (AvgIpc) is 2.64. The van der Waals surface area contributed by atoms with E-state index in [2.05, 4.69) is 20.7 Å². The van der Waals surface area contributed by atoms with Crippen LogP contribution in [0.2, 0.25) is 0 Å². The van der Waals surface area contributed by atoms with Gasteiger partial charge in [-0.05, 0) is 30.7 Å². The smallest absolute Gasteiger partial charge is 0.328 e. The summed E-state index contributed by atoms with van der Waals surface area (Å²) in [6.45, 7) is 2.12. The third kappa shape index (κ3) is 2.07. The maximum Gasteiger partial charge on any atom is 0.328 e. The van der Waals surface area contributed by atoms with Crippen molar-refractivity contribution in [2.45, 2.75) is 19.5 Å². The molecule has 0 bridgehead atoms. The standard InChI is InChI=1S/C12H12BrNO3/c1-7(12(16)17-2)14-6-8-5-9(13)3-4-10(8)11(14)15/h3-5,7H,6H2,1-2H3. The molecule has 17 heavy (non-hydrogen) atoms. The van der Waals surface area contributed by atoms with Crippen molar-refractivity contribution in [2.75, 3.05) is 7.11 Å². The van der Waals surface area contributed by atoms with Gasteiger partial charge in [-0.25, -0.2) is 4.79 Å². The van der Waals surface area contributed by atoms with Gasteiger partial charge in [-0.1, -0.05) is 15.9 Å². The first kappa shape index (κ1) is 12.1. The van der Waals surface area contributed by atoms with Gasteiger partial charge in [-0.15, -0.1) is 0 Å². The number of nitrogens with zero attached hydrogens (tertiary/aromatic N) is 1. The van der Waals surface area contributed by atoms with Crippen LogP contribution < -0.4 is 0 Å². The Morgan fingerprint density at radius 3 is 2.88 bits per heavy atom. The molecule has 0 aliphatic carbocycles. The van der Waals surface area contributed by atoms with Crippen LogP contribution in [-0.4, -0.2) is 29.9 Å². The SMILES string of the molecule is COC(=O)C(C)N1Cc2cc(Br)ccc2C1=O. The summed E-state index contributed by atoms with van der Waals surface area (Å²) in [5.74, 6) is -0.518. The molecule has 0 spiro atoms. The lowest BCUT2D eigenvalue weighted by atomic mass is 10.1. The normalized spacial score (nSPS) is 15.7. The molecule has 1 aromatic rings. The minimum Gasteiger partial charge on any atom is -0.467 e. The summed E-state index contributed by atoms with van der Waals surface area (Å²) in [4.78, 5) is 25.0. The molecule has 1 amide bonds. The Balaban J connectivity index is 2.28. The number of hydrogen-bond acceptors (Lipinski definition) is 3. The van der Waals surface area contributed by atoms with Crippen molar-refractivity contribution in [1.29, 1.82) is 0 Å². The molecule has 1 aliphatic heterocycles. The van der Waals surface area contributed by atoms with E-state index < -0.39 is 12.0 Å². The van der Waals surface area contributed by atoms with E-state index in [1.54, 1.807) is 13.0 Å². The number of carbonyl (C=O) groups excluding carboxylic acids is 2. The summed E-state index contributed by atoms with van der Waals surface area (Å²) < 4.78 is 5.58. The highest BCUT2D eigenvalue weighted by molar-refractivity contribution is 9.10. The second-order valence-electron chi connectivity index (χ2n) is 3.93. The fraction of sp³-hybridized carbons (Fsp3) is 0.333. The second-order valence-corrected chi connectivity index (χ2v) is 4.85. The molecule has 5 heteroatoms. The second kappa shape index (κ2) is 4.49. The van der Waals surface area contributed by atoms with Crippen molar-refractivity contribution in [3.8, 4) is 0 Å². The molecule has 1 aliphatic rings. The molecule has 1 unspecified atom stereocenters. The predicted molar refractivity (Wildman–Crippen MR) is 65.5 cm³/mol. The van der Waals surface area contributed by atoms with Crippen molar-refractivity contribution in [1.82, 2.24) is 4.90 Å². The van der Waals surface area contributed by atoms with E-state index in [0.717, 1.165) is 10.0 Å². The van der Waals surface area contributed by atoms with Gasteiger partial charge in [-0.3, -0.25) is 4.79 Å². The van der Waals surface area contributed by atoms with Gasteiger partial charge in [0.05, 0.1) is 7.11 Å². The van der Waals surface area contributed by atoms with Gasteiger partial charge in [0.2, 0.25) is 0 Å². The Kier molecular flexibility index (Phi) is 3.19. The van der Waals surface area contributed by atoms with Gasteiger partial charge >= 0.3 is 5.97 Å². The third-order valence-corrected chi connectivity index (χ3v) is 3.40. The lowest BCUT2D eigenvalue weighted by molar-refractivity contribution is -0.145. The van der Waals surface area contributed by atoms with Gasteiger partial charge in [0.25, 0.3) is 5.91 Å². The Morgan fingerprint density at radius 2 is 2.24 bits per heavy atom. The fourth-order valence-electron chi connectivity index (χ4n) is 1.92. The van der Waals surface area contributed by atoms with Crippen LogP contribution in [0.5, 0.6) is 0 Å². The summed E-state index contributed by atoms with van der Waals surface area (Å²) in [6, 6.07) is 4.94. The molecule has 0 saturated heterocycles. The van der Waals surface area contributed by atoms with Crippen LogP contribution in [0.1, 0.15) is 22.8 Å². The number of amides is 1. The van der Waals surface area contributed by atoms with Crippen LogP contribution in [0.4, 0.5) is 0 Å². The lowest BCUT2D eigenvalue weighted by Gasteiger charge is -2.21. The summed E-state index contributed by atoms with van der Waals surface area (Å²) in [5.41, 5.74) is 1.59. The number of methoxy groups -OCH3 is 1. The predicted octanol–water partition coefficient (Wildman–Crippen LogP) is 1.97. The van der Waals surface area contributed by atoms with Gasteiger partial charge in [0.15, 0.2) is 0 Å². The Bertz CT molecular complexity index is 487. The summed E-state index contributed by atoms with van der Waals surface area (Å²) >= 11 is 3.36. The first-order valence-corrected chi connectivity index (χ1v) is 6.01. The first-order valence-electron chi connectivity index (χ1n) is 5.22. The number of hydrogen-bond donors (Lipinski definition) is 0. The minimum absolute atomic E-state index is 0.120. The molecule has 0 fully saturated rings. The molecule has 2 rings (SSSR count). The zero-order chi connectivity index (χ0) is 12.6. The van der Waals surface area contributed by atoms with E-state index >= 15 is 0 Å². The first-order chi connectivity index (χ1) is 8.04. The van der Waals surface area contributed by atoms with Crippen LogP contribution in [-0.2, 0) is 16.1 Å². The monoisotopic (exact) mass is 297 g/mol. The largest absolute Gasteiger partial charge is 0.467 e. The van der Waals surface area contributed by atoms with E-state index in [9.17, 15) is 9.59 Å². The number of carbonyl (C=O) groups is 2. The van der Waals surface area contributed by atoms with Crippen LogP contribution in [0, 0.1) is 0 Å². The molecule has 4 nitrogen and oxygen atoms in total. The number of halogens is 1. The van der Waals surface area contributed by atoms with Gasteiger partial charge in [0, 0.05) is 16.6 Å². The number of benzene rings is 1. The van der Waals surface area contributed by atoms with Crippen molar-refractivity contribution in [2.24, 2.45) is 0 Å². The van der Waals surface area contributed by atoms with Crippen LogP contribution >= 0.6 is 15.9 Å². The molecule has 0 radical (unpaired) electrons. The van der Waals surface area contributed by atoms with E-state index in [0.29, 0.717) is 12.1 Å². The highest BCUT2D eigenvalue weighted by Crippen LogP contribution is 2.27. The van der Waals surface area contributed by atoms with Crippen molar-refractivity contribution >= 4 is 27.8 Å². The van der Waals surface area contributed by atoms with Crippen molar-refractivity contribution in [3.05, 3.63) is 33.8 Å². The zero-order valence-electron chi connectivity index (χ0n) is 9.57. The molecule has 1 atom stereocenters. The number of ether oxygens (including phenoxy) is 1. The highest BCUT2D eigenvalue weighted by atomic mass is 79.9. The maximum absolute atomic E-state index is 12.1. The topological polar surface area (TPSA) is 46.6 Å². The van der Waals surface area contributed by atoms with Crippen LogP contribution in [0.15, 0.2) is 22.7 Å². The molecule has 1 heterocycles. The number of fused-ring (bicyclic) bond motifs is 1. The number of esters is 1. The Labute approximate surface area is 108 Å². The highest BCUT2D eigenvalue weighted by Gasteiger charge is 2.34. The molecule has 0 saturated carbocycles. The van der Waals surface area contributed by atoms with Crippen LogP contribution in [0.3, 0.4) is 0 Å².